The first-order valence-electron chi connectivity index (χ1n) is 6.57. The van der Waals surface area contributed by atoms with E-state index >= 15 is 0 Å². The first-order chi connectivity index (χ1) is 9.55. The maximum Gasteiger partial charge on any atom is 0.270 e. The summed E-state index contributed by atoms with van der Waals surface area (Å²) in [6.07, 6.45) is 0. The van der Waals surface area contributed by atoms with Crippen molar-refractivity contribution < 1.29 is 4.79 Å². The number of benzene rings is 1. The van der Waals surface area contributed by atoms with Crippen molar-refractivity contribution in [2.24, 2.45) is 5.73 Å². The minimum Gasteiger partial charge on any atom is -0.340 e. The van der Waals surface area contributed by atoms with Gasteiger partial charge in [0, 0.05) is 12.2 Å². The van der Waals surface area contributed by atoms with Gasteiger partial charge in [0.2, 0.25) is 0 Å². The number of carbonyl (C=O) groups is 1. The second-order valence-corrected chi connectivity index (χ2v) is 5.02. The summed E-state index contributed by atoms with van der Waals surface area (Å²) in [6, 6.07) is 15.1. The highest BCUT2D eigenvalue weighted by atomic mass is 16.2. The molecule has 1 heterocycles. The number of pyridine rings is 1. The Balaban J connectivity index is 2.24. The van der Waals surface area contributed by atoms with Crippen LogP contribution in [0.5, 0.6) is 0 Å². The summed E-state index contributed by atoms with van der Waals surface area (Å²) in [4.78, 5) is 16.5. The molecule has 4 heteroatoms. The van der Waals surface area contributed by atoms with Crippen LogP contribution in [0.1, 0.15) is 28.7 Å². The van der Waals surface area contributed by atoms with Crippen molar-refractivity contribution in [3.8, 4) is 0 Å². The molecule has 0 bridgehead atoms. The van der Waals surface area contributed by atoms with E-state index in [0.717, 1.165) is 11.3 Å². The van der Waals surface area contributed by atoms with Gasteiger partial charge in [-0.05, 0) is 31.5 Å². The number of nitrogens with one attached hydrogen (secondary N) is 1. The van der Waals surface area contributed by atoms with E-state index in [2.05, 4.69) is 10.3 Å². The molecule has 3 N–H and O–H groups in total. The number of aryl methyl sites for hydroxylation is 1. The van der Waals surface area contributed by atoms with Crippen molar-refractivity contribution in [3.63, 3.8) is 0 Å². The summed E-state index contributed by atoms with van der Waals surface area (Å²) >= 11 is 0. The molecule has 1 aromatic carbocycles. The Morgan fingerprint density at radius 3 is 2.50 bits per heavy atom. The molecule has 1 amide bonds. The summed E-state index contributed by atoms with van der Waals surface area (Å²) in [6.45, 7) is 4.08. The van der Waals surface area contributed by atoms with E-state index in [9.17, 15) is 4.79 Å². The molecule has 104 valence electrons. The van der Waals surface area contributed by atoms with Crippen LogP contribution in [0.3, 0.4) is 0 Å². The number of aromatic nitrogens is 1. The zero-order valence-corrected chi connectivity index (χ0v) is 11.8. The molecule has 0 radical (unpaired) electrons. The average molecular weight is 269 g/mol. The van der Waals surface area contributed by atoms with Crippen molar-refractivity contribution in [2.45, 2.75) is 19.4 Å². The van der Waals surface area contributed by atoms with E-state index in [0.29, 0.717) is 12.2 Å². The molecule has 0 fully saturated rings. The summed E-state index contributed by atoms with van der Waals surface area (Å²) in [7, 11) is 0. The molecule has 20 heavy (non-hydrogen) atoms. The van der Waals surface area contributed by atoms with Gasteiger partial charge in [-0.1, -0.05) is 36.4 Å². The lowest BCUT2D eigenvalue weighted by atomic mass is 9.92. The first kappa shape index (κ1) is 14.2. The quantitative estimate of drug-likeness (QED) is 0.892. The predicted octanol–water partition coefficient (Wildman–Crippen LogP) is 1.99. The summed E-state index contributed by atoms with van der Waals surface area (Å²) in [5, 5.41) is 2.98. The molecule has 1 unspecified atom stereocenters. The fourth-order valence-electron chi connectivity index (χ4n) is 2.03. The summed E-state index contributed by atoms with van der Waals surface area (Å²) in [5.74, 6) is -0.217. The van der Waals surface area contributed by atoms with Crippen LogP contribution in [0.2, 0.25) is 0 Å². The van der Waals surface area contributed by atoms with Crippen molar-refractivity contribution in [3.05, 3.63) is 65.5 Å². The maximum absolute atomic E-state index is 12.3. The Morgan fingerprint density at radius 2 is 1.90 bits per heavy atom. The molecule has 1 aromatic heterocycles. The third kappa shape index (κ3) is 3.03. The fourth-order valence-corrected chi connectivity index (χ4v) is 2.03. The van der Waals surface area contributed by atoms with Crippen LogP contribution in [-0.2, 0) is 5.54 Å². The number of nitrogens with two attached hydrogens (primary N) is 1. The first-order valence-corrected chi connectivity index (χ1v) is 6.57. The summed E-state index contributed by atoms with van der Waals surface area (Å²) < 4.78 is 0. The lowest BCUT2D eigenvalue weighted by molar-refractivity contribution is 0.0902. The van der Waals surface area contributed by atoms with Gasteiger partial charge in [0.1, 0.15) is 5.69 Å². The van der Waals surface area contributed by atoms with Gasteiger partial charge in [0.15, 0.2) is 0 Å². The van der Waals surface area contributed by atoms with Crippen LogP contribution < -0.4 is 11.1 Å². The van der Waals surface area contributed by atoms with Gasteiger partial charge >= 0.3 is 0 Å². The second-order valence-electron chi connectivity index (χ2n) is 5.02. The minimum absolute atomic E-state index is 0.217. The molecular weight excluding hydrogens is 250 g/mol. The van der Waals surface area contributed by atoms with Gasteiger partial charge in [-0.15, -0.1) is 0 Å². The van der Waals surface area contributed by atoms with Crippen LogP contribution >= 0.6 is 0 Å². The highest BCUT2D eigenvalue weighted by Gasteiger charge is 2.27. The molecule has 0 aliphatic carbocycles. The molecule has 2 rings (SSSR count). The highest BCUT2D eigenvalue weighted by Crippen LogP contribution is 2.19. The number of amides is 1. The Hall–Kier alpha value is -2.20. The van der Waals surface area contributed by atoms with Crippen LogP contribution in [0, 0.1) is 6.92 Å². The van der Waals surface area contributed by atoms with Gasteiger partial charge in [-0.2, -0.15) is 0 Å². The Morgan fingerprint density at radius 1 is 1.20 bits per heavy atom. The van der Waals surface area contributed by atoms with E-state index in [1.165, 1.54) is 0 Å². The van der Waals surface area contributed by atoms with E-state index in [1.54, 1.807) is 6.07 Å². The topological polar surface area (TPSA) is 68.0 Å². The molecule has 1 atom stereocenters. The van der Waals surface area contributed by atoms with Crippen LogP contribution in [-0.4, -0.2) is 17.4 Å². The monoisotopic (exact) mass is 269 g/mol. The summed E-state index contributed by atoms with van der Waals surface area (Å²) in [5.41, 5.74) is 7.44. The number of carbonyl (C=O) groups excluding carboxylic acids is 1. The fraction of sp³-hybridized carbons (Fsp3) is 0.250. The van der Waals surface area contributed by atoms with Crippen molar-refractivity contribution >= 4 is 5.91 Å². The van der Waals surface area contributed by atoms with Crippen LogP contribution in [0.25, 0.3) is 0 Å². The molecule has 4 nitrogen and oxygen atoms in total. The molecule has 0 spiro atoms. The third-order valence-corrected chi connectivity index (χ3v) is 3.33. The normalized spacial score (nSPS) is 13.6. The molecule has 0 saturated heterocycles. The zero-order valence-electron chi connectivity index (χ0n) is 11.8. The maximum atomic E-state index is 12.3. The smallest absolute Gasteiger partial charge is 0.270 e. The van der Waals surface area contributed by atoms with Crippen molar-refractivity contribution in [1.82, 2.24) is 10.3 Å². The van der Waals surface area contributed by atoms with Gasteiger partial charge in [-0.3, -0.25) is 4.79 Å². The average Bonchev–Trinajstić information content (AvgIpc) is 2.48. The Bertz CT molecular complexity index is 598. The van der Waals surface area contributed by atoms with Gasteiger partial charge < -0.3 is 11.1 Å². The second kappa shape index (κ2) is 5.84. The Kier molecular flexibility index (Phi) is 4.15. The Labute approximate surface area is 119 Å². The van der Waals surface area contributed by atoms with E-state index in [4.69, 9.17) is 5.73 Å². The van der Waals surface area contributed by atoms with Gasteiger partial charge in [0.05, 0.1) is 5.54 Å². The van der Waals surface area contributed by atoms with E-state index in [1.807, 2.05) is 56.3 Å². The van der Waals surface area contributed by atoms with Crippen LogP contribution in [0.15, 0.2) is 48.5 Å². The standard InChI is InChI=1S/C16H19N3O/c1-12-7-6-10-14(18-12)15(20)19-16(2,11-17)13-8-4-3-5-9-13/h3-10H,11,17H2,1-2H3,(H,19,20). The van der Waals surface area contributed by atoms with Gasteiger partial charge in [0.25, 0.3) is 5.91 Å². The molecule has 2 aromatic rings. The molecule has 0 aliphatic rings. The minimum atomic E-state index is -0.607. The van der Waals surface area contributed by atoms with Crippen LogP contribution in [0.4, 0.5) is 0 Å². The molecular formula is C16H19N3O. The molecule has 0 aliphatic heterocycles. The number of nitrogens with zero attached hydrogens (tertiary/aromatic N) is 1. The number of hydrogen-bond donors (Lipinski definition) is 2. The SMILES string of the molecule is Cc1cccc(C(=O)NC(C)(CN)c2ccccc2)n1. The van der Waals surface area contributed by atoms with Crippen molar-refractivity contribution in [2.75, 3.05) is 6.54 Å². The van der Waals surface area contributed by atoms with Crippen molar-refractivity contribution in [1.29, 1.82) is 0 Å². The lowest BCUT2D eigenvalue weighted by Gasteiger charge is -2.29. The molecule has 0 saturated carbocycles. The zero-order chi connectivity index (χ0) is 14.6. The number of hydrogen-bond acceptors (Lipinski definition) is 3. The van der Waals surface area contributed by atoms with Gasteiger partial charge in [-0.25, -0.2) is 4.98 Å². The van der Waals surface area contributed by atoms with E-state index in [-0.39, 0.29) is 5.91 Å². The predicted molar refractivity (Wildman–Crippen MR) is 79.3 cm³/mol. The lowest BCUT2D eigenvalue weighted by Crippen LogP contribution is -2.49. The van der Waals surface area contributed by atoms with E-state index < -0.39 is 5.54 Å². The third-order valence-electron chi connectivity index (χ3n) is 3.33. The highest BCUT2D eigenvalue weighted by molar-refractivity contribution is 5.92. The largest absolute Gasteiger partial charge is 0.340 e. The number of rotatable bonds is 4.